The fourth-order valence-corrected chi connectivity index (χ4v) is 2.52. The second-order valence-corrected chi connectivity index (χ2v) is 5.20. The average Bonchev–Trinajstić information content (AvgIpc) is 2.54. The number of ether oxygens (including phenoxy) is 2. The van der Waals surface area contributed by atoms with Gasteiger partial charge in [-0.15, -0.1) is 0 Å². The molecule has 1 N–H and O–H groups in total. The number of esters is 1. The van der Waals surface area contributed by atoms with Gasteiger partial charge >= 0.3 is 5.97 Å². The number of hydrogen-bond donors (Lipinski definition) is 1. The van der Waals surface area contributed by atoms with Crippen molar-refractivity contribution < 1.29 is 19.4 Å². The van der Waals surface area contributed by atoms with Gasteiger partial charge in [-0.3, -0.25) is 0 Å². The van der Waals surface area contributed by atoms with E-state index in [1.807, 2.05) is 60.7 Å². The van der Waals surface area contributed by atoms with Crippen LogP contribution in [0.15, 0.2) is 72.5 Å². The minimum absolute atomic E-state index is 0.00300. The van der Waals surface area contributed by atoms with Crippen LogP contribution in [0.4, 0.5) is 0 Å². The molecule has 112 valence electrons. The Hall–Kier alpha value is -2.75. The molecule has 0 fully saturated rings. The van der Waals surface area contributed by atoms with E-state index in [-0.39, 0.29) is 18.8 Å². The second-order valence-electron chi connectivity index (χ2n) is 5.20. The molecular weight excluding hydrogens is 280 g/mol. The third-order valence-electron chi connectivity index (χ3n) is 3.56. The molecule has 2 aromatic rings. The zero-order valence-corrected chi connectivity index (χ0v) is 11.9. The summed E-state index contributed by atoms with van der Waals surface area (Å²) in [4.78, 5) is 11.8. The third-order valence-corrected chi connectivity index (χ3v) is 3.56. The molecule has 1 atom stereocenters. The summed E-state index contributed by atoms with van der Waals surface area (Å²) in [6.45, 7) is 0.130. The molecule has 4 heteroatoms. The Balaban J connectivity index is 1.90. The zero-order valence-electron chi connectivity index (χ0n) is 11.9. The molecule has 1 aliphatic rings. The summed E-state index contributed by atoms with van der Waals surface area (Å²) in [5, 5.41) is 9.88. The number of benzene rings is 2. The highest BCUT2D eigenvalue weighted by Crippen LogP contribution is 2.36. The summed E-state index contributed by atoms with van der Waals surface area (Å²) in [6, 6.07) is 18.6. The summed E-state index contributed by atoms with van der Waals surface area (Å²) in [6.07, 6.45) is 1.29. The fraction of sp³-hybridized carbons (Fsp3) is 0.167. The Kier molecular flexibility index (Phi) is 3.83. The van der Waals surface area contributed by atoms with Crippen LogP contribution in [-0.4, -0.2) is 17.7 Å². The van der Waals surface area contributed by atoms with Gasteiger partial charge < -0.3 is 14.6 Å². The molecule has 0 saturated heterocycles. The number of para-hydroxylation sites is 1. The van der Waals surface area contributed by atoms with Crippen LogP contribution in [0, 0.1) is 0 Å². The van der Waals surface area contributed by atoms with Crippen LogP contribution in [0.1, 0.15) is 12.0 Å². The van der Waals surface area contributed by atoms with Crippen LogP contribution in [0.2, 0.25) is 0 Å². The predicted molar refractivity (Wildman–Crippen MR) is 81.5 cm³/mol. The van der Waals surface area contributed by atoms with E-state index in [1.54, 1.807) is 0 Å². The van der Waals surface area contributed by atoms with E-state index in [1.165, 1.54) is 0 Å². The number of cyclic esters (lactones) is 1. The monoisotopic (exact) mass is 296 g/mol. The molecule has 2 aromatic carbocycles. The molecule has 22 heavy (non-hydrogen) atoms. The SMILES string of the molecule is O=C1C=C(O)CC(COc2ccccc2)(c2ccccc2)O1. The first kappa shape index (κ1) is 14.2. The summed E-state index contributed by atoms with van der Waals surface area (Å²) < 4.78 is 11.3. The van der Waals surface area contributed by atoms with Crippen LogP contribution in [0.3, 0.4) is 0 Å². The van der Waals surface area contributed by atoms with E-state index in [0.29, 0.717) is 5.75 Å². The molecule has 0 aromatic heterocycles. The van der Waals surface area contributed by atoms with Crippen molar-refractivity contribution in [2.45, 2.75) is 12.0 Å². The molecule has 3 rings (SSSR count). The van der Waals surface area contributed by atoms with Crippen molar-refractivity contribution in [3.05, 3.63) is 78.1 Å². The van der Waals surface area contributed by atoms with Crippen molar-refractivity contribution in [2.75, 3.05) is 6.61 Å². The quantitative estimate of drug-likeness (QED) is 0.879. The smallest absolute Gasteiger partial charge is 0.335 e. The van der Waals surface area contributed by atoms with Crippen LogP contribution in [0.5, 0.6) is 5.75 Å². The predicted octanol–water partition coefficient (Wildman–Crippen LogP) is 3.35. The Morgan fingerprint density at radius 1 is 1.05 bits per heavy atom. The molecule has 0 spiro atoms. The first-order chi connectivity index (χ1) is 10.7. The van der Waals surface area contributed by atoms with Crippen molar-refractivity contribution in [1.82, 2.24) is 0 Å². The zero-order chi connectivity index (χ0) is 15.4. The summed E-state index contributed by atoms with van der Waals surface area (Å²) in [5.41, 5.74) is -0.230. The average molecular weight is 296 g/mol. The van der Waals surface area contributed by atoms with E-state index >= 15 is 0 Å². The number of carbonyl (C=O) groups excluding carboxylic acids is 1. The fourth-order valence-electron chi connectivity index (χ4n) is 2.52. The number of hydrogen-bond acceptors (Lipinski definition) is 4. The van der Waals surface area contributed by atoms with Crippen molar-refractivity contribution in [3.8, 4) is 5.75 Å². The lowest BCUT2D eigenvalue weighted by Gasteiger charge is -2.35. The van der Waals surface area contributed by atoms with Crippen molar-refractivity contribution >= 4 is 5.97 Å². The van der Waals surface area contributed by atoms with Gasteiger partial charge in [0.15, 0.2) is 5.60 Å². The topological polar surface area (TPSA) is 55.8 Å². The van der Waals surface area contributed by atoms with Gasteiger partial charge in [-0.05, 0) is 17.7 Å². The second kappa shape index (κ2) is 5.93. The van der Waals surface area contributed by atoms with Crippen LogP contribution in [-0.2, 0) is 15.1 Å². The molecule has 0 aliphatic carbocycles. The third kappa shape index (κ3) is 2.96. The van der Waals surface area contributed by atoms with Crippen molar-refractivity contribution in [2.24, 2.45) is 0 Å². The lowest BCUT2D eigenvalue weighted by atomic mass is 9.88. The van der Waals surface area contributed by atoms with Gasteiger partial charge in [0.1, 0.15) is 18.1 Å². The number of aliphatic hydroxyl groups excluding tert-OH is 1. The first-order valence-electron chi connectivity index (χ1n) is 7.04. The Labute approximate surface area is 128 Å². The molecule has 1 unspecified atom stereocenters. The molecular formula is C18H16O4. The van der Waals surface area contributed by atoms with Crippen LogP contribution < -0.4 is 4.74 Å². The van der Waals surface area contributed by atoms with E-state index < -0.39 is 11.6 Å². The molecule has 1 heterocycles. The number of carbonyl (C=O) groups is 1. The number of rotatable bonds is 4. The maximum atomic E-state index is 11.8. The van der Waals surface area contributed by atoms with Gasteiger partial charge in [0.25, 0.3) is 0 Å². The molecule has 0 amide bonds. The lowest BCUT2D eigenvalue weighted by molar-refractivity contribution is -0.162. The van der Waals surface area contributed by atoms with E-state index in [0.717, 1.165) is 11.6 Å². The summed E-state index contributed by atoms with van der Waals surface area (Å²) >= 11 is 0. The minimum Gasteiger partial charge on any atom is -0.512 e. The Morgan fingerprint density at radius 2 is 1.68 bits per heavy atom. The van der Waals surface area contributed by atoms with Gasteiger partial charge in [-0.1, -0.05) is 48.5 Å². The van der Waals surface area contributed by atoms with E-state index in [9.17, 15) is 9.90 Å². The molecule has 0 radical (unpaired) electrons. The van der Waals surface area contributed by atoms with Crippen molar-refractivity contribution in [3.63, 3.8) is 0 Å². The molecule has 0 saturated carbocycles. The standard InChI is InChI=1S/C18H16O4/c19-15-11-17(20)22-18(12-15,14-7-3-1-4-8-14)13-21-16-9-5-2-6-10-16/h1-11,19H,12-13H2. The normalized spacial score (nSPS) is 20.9. The van der Waals surface area contributed by atoms with Gasteiger partial charge in [0, 0.05) is 0 Å². The molecule has 0 bridgehead atoms. The van der Waals surface area contributed by atoms with E-state index in [2.05, 4.69) is 0 Å². The Bertz CT molecular complexity index is 679. The lowest BCUT2D eigenvalue weighted by Crippen LogP contribution is -2.41. The Morgan fingerprint density at radius 3 is 2.32 bits per heavy atom. The van der Waals surface area contributed by atoms with Gasteiger partial charge in [0.05, 0.1) is 12.5 Å². The highest BCUT2D eigenvalue weighted by molar-refractivity contribution is 5.84. The van der Waals surface area contributed by atoms with Gasteiger partial charge in [0.2, 0.25) is 0 Å². The number of aliphatic hydroxyl groups is 1. The van der Waals surface area contributed by atoms with Crippen LogP contribution in [0.25, 0.3) is 0 Å². The summed E-state index contributed by atoms with van der Waals surface area (Å²) in [5.74, 6) is 0.115. The largest absolute Gasteiger partial charge is 0.512 e. The van der Waals surface area contributed by atoms with Gasteiger partial charge in [-0.2, -0.15) is 0 Å². The van der Waals surface area contributed by atoms with E-state index in [4.69, 9.17) is 9.47 Å². The summed E-state index contributed by atoms with van der Waals surface area (Å²) in [7, 11) is 0. The first-order valence-corrected chi connectivity index (χ1v) is 7.04. The van der Waals surface area contributed by atoms with Gasteiger partial charge in [-0.25, -0.2) is 4.79 Å². The minimum atomic E-state index is -1.02. The highest BCUT2D eigenvalue weighted by atomic mass is 16.6. The molecule has 4 nitrogen and oxygen atoms in total. The maximum Gasteiger partial charge on any atom is 0.335 e. The maximum absolute atomic E-state index is 11.8. The molecule has 1 aliphatic heterocycles. The van der Waals surface area contributed by atoms with Crippen molar-refractivity contribution in [1.29, 1.82) is 0 Å². The highest BCUT2D eigenvalue weighted by Gasteiger charge is 2.41. The van der Waals surface area contributed by atoms with Crippen LogP contribution >= 0.6 is 0 Å².